The molecule has 3 nitrogen and oxygen atoms in total. The van der Waals surface area contributed by atoms with Crippen LogP contribution < -0.4 is 0 Å². The molecule has 13 heavy (non-hydrogen) atoms. The fraction of sp³-hybridized carbons (Fsp3) is 0.700. The van der Waals surface area contributed by atoms with Crippen LogP contribution in [0.5, 0.6) is 0 Å². The molecular weight excluding hydrogens is 164 g/mol. The maximum Gasteiger partial charge on any atom is 0.0775 e. The standard InChI is InChI=1S/C10H16N2O/c1-8-5-6-12(11-8)7-10-4-3-9(2)13-10/h5-6,9-10H,3-4,7H2,1-2H3. The third-order valence-corrected chi connectivity index (χ3v) is 2.48. The zero-order valence-corrected chi connectivity index (χ0v) is 8.23. The number of hydrogen-bond donors (Lipinski definition) is 0. The van der Waals surface area contributed by atoms with E-state index in [-0.39, 0.29) is 0 Å². The minimum Gasteiger partial charge on any atom is -0.373 e. The van der Waals surface area contributed by atoms with Crippen molar-refractivity contribution in [3.8, 4) is 0 Å². The van der Waals surface area contributed by atoms with Gasteiger partial charge < -0.3 is 4.74 Å². The molecule has 1 saturated heterocycles. The fourth-order valence-corrected chi connectivity index (χ4v) is 1.79. The second-order valence-electron chi connectivity index (χ2n) is 3.83. The van der Waals surface area contributed by atoms with Gasteiger partial charge in [0.25, 0.3) is 0 Å². The van der Waals surface area contributed by atoms with E-state index in [0.717, 1.165) is 12.2 Å². The Kier molecular flexibility index (Phi) is 2.36. The molecule has 1 aromatic heterocycles. The van der Waals surface area contributed by atoms with Gasteiger partial charge in [-0.1, -0.05) is 0 Å². The molecule has 2 rings (SSSR count). The average Bonchev–Trinajstić information content (AvgIpc) is 2.62. The first kappa shape index (κ1) is 8.75. The summed E-state index contributed by atoms with van der Waals surface area (Å²) in [6, 6.07) is 2.03. The number of nitrogens with zero attached hydrogens (tertiary/aromatic N) is 2. The molecule has 1 fully saturated rings. The van der Waals surface area contributed by atoms with E-state index < -0.39 is 0 Å². The van der Waals surface area contributed by atoms with Crippen molar-refractivity contribution in [1.82, 2.24) is 9.78 Å². The average molecular weight is 180 g/mol. The monoisotopic (exact) mass is 180 g/mol. The topological polar surface area (TPSA) is 27.1 Å². The Bertz CT molecular complexity index is 282. The maximum absolute atomic E-state index is 5.71. The Labute approximate surface area is 78.7 Å². The molecule has 2 atom stereocenters. The Morgan fingerprint density at radius 1 is 1.62 bits per heavy atom. The van der Waals surface area contributed by atoms with Crippen LogP contribution in [-0.4, -0.2) is 22.0 Å². The molecule has 1 aliphatic heterocycles. The number of aryl methyl sites for hydroxylation is 1. The van der Waals surface area contributed by atoms with E-state index in [1.54, 1.807) is 0 Å². The molecule has 0 aromatic carbocycles. The minimum atomic E-state index is 0.370. The van der Waals surface area contributed by atoms with E-state index in [4.69, 9.17) is 4.74 Å². The summed E-state index contributed by atoms with van der Waals surface area (Å²) >= 11 is 0. The van der Waals surface area contributed by atoms with E-state index in [0.29, 0.717) is 12.2 Å². The van der Waals surface area contributed by atoms with Crippen LogP contribution >= 0.6 is 0 Å². The summed E-state index contributed by atoms with van der Waals surface area (Å²) in [5.74, 6) is 0. The highest BCUT2D eigenvalue weighted by Gasteiger charge is 2.21. The predicted molar refractivity (Wildman–Crippen MR) is 50.5 cm³/mol. The van der Waals surface area contributed by atoms with Crippen molar-refractivity contribution < 1.29 is 4.74 Å². The second kappa shape index (κ2) is 3.50. The highest BCUT2D eigenvalue weighted by molar-refractivity contribution is 4.95. The molecule has 72 valence electrons. The minimum absolute atomic E-state index is 0.370. The van der Waals surface area contributed by atoms with E-state index in [2.05, 4.69) is 12.0 Å². The molecule has 0 spiro atoms. The largest absolute Gasteiger partial charge is 0.373 e. The molecule has 0 bridgehead atoms. The van der Waals surface area contributed by atoms with Crippen LogP contribution in [-0.2, 0) is 11.3 Å². The van der Waals surface area contributed by atoms with Crippen molar-refractivity contribution >= 4 is 0 Å². The van der Waals surface area contributed by atoms with Gasteiger partial charge in [-0.2, -0.15) is 5.10 Å². The first-order chi connectivity index (χ1) is 6.24. The van der Waals surface area contributed by atoms with Gasteiger partial charge in [0.15, 0.2) is 0 Å². The highest BCUT2D eigenvalue weighted by atomic mass is 16.5. The summed E-state index contributed by atoms with van der Waals surface area (Å²) < 4.78 is 7.68. The first-order valence-corrected chi connectivity index (χ1v) is 4.89. The van der Waals surface area contributed by atoms with Crippen LogP contribution in [0.15, 0.2) is 12.3 Å². The quantitative estimate of drug-likeness (QED) is 0.693. The maximum atomic E-state index is 5.71. The molecule has 0 amide bonds. The van der Waals surface area contributed by atoms with Crippen molar-refractivity contribution in [2.24, 2.45) is 0 Å². The van der Waals surface area contributed by atoms with Crippen molar-refractivity contribution in [1.29, 1.82) is 0 Å². The molecule has 0 radical (unpaired) electrons. The van der Waals surface area contributed by atoms with E-state index in [9.17, 15) is 0 Å². The lowest BCUT2D eigenvalue weighted by molar-refractivity contribution is 0.0436. The predicted octanol–water partition coefficient (Wildman–Crippen LogP) is 1.76. The molecule has 0 saturated carbocycles. The lowest BCUT2D eigenvalue weighted by Gasteiger charge is -2.10. The van der Waals surface area contributed by atoms with E-state index in [1.807, 2.05) is 23.9 Å². The molecule has 2 unspecified atom stereocenters. The Hall–Kier alpha value is -0.830. The second-order valence-corrected chi connectivity index (χ2v) is 3.83. The van der Waals surface area contributed by atoms with Gasteiger partial charge in [0.2, 0.25) is 0 Å². The lowest BCUT2D eigenvalue weighted by Crippen LogP contribution is -2.16. The molecule has 0 aliphatic carbocycles. The van der Waals surface area contributed by atoms with Gasteiger partial charge in [-0.3, -0.25) is 4.68 Å². The summed E-state index contributed by atoms with van der Waals surface area (Å²) in [6.45, 7) is 5.04. The molecule has 1 aliphatic rings. The Morgan fingerprint density at radius 3 is 3.00 bits per heavy atom. The summed E-state index contributed by atoms with van der Waals surface area (Å²) in [4.78, 5) is 0. The zero-order chi connectivity index (χ0) is 9.26. The third kappa shape index (κ3) is 2.10. The molecule has 3 heteroatoms. The normalized spacial score (nSPS) is 28.2. The smallest absolute Gasteiger partial charge is 0.0775 e. The Morgan fingerprint density at radius 2 is 2.46 bits per heavy atom. The fourth-order valence-electron chi connectivity index (χ4n) is 1.79. The summed E-state index contributed by atoms with van der Waals surface area (Å²) in [6.07, 6.45) is 5.17. The van der Waals surface area contributed by atoms with Crippen LogP contribution in [0.2, 0.25) is 0 Å². The number of hydrogen-bond acceptors (Lipinski definition) is 2. The van der Waals surface area contributed by atoms with Gasteiger partial charge in [-0.15, -0.1) is 0 Å². The highest BCUT2D eigenvalue weighted by Crippen LogP contribution is 2.20. The molecule has 2 heterocycles. The first-order valence-electron chi connectivity index (χ1n) is 4.89. The summed E-state index contributed by atoms with van der Waals surface area (Å²) in [5.41, 5.74) is 1.08. The Balaban J connectivity index is 1.91. The zero-order valence-electron chi connectivity index (χ0n) is 8.23. The van der Waals surface area contributed by atoms with Crippen LogP contribution in [0.3, 0.4) is 0 Å². The van der Waals surface area contributed by atoms with Gasteiger partial charge in [0, 0.05) is 6.20 Å². The number of rotatable bonds is 2. The van der Waals surface area contributed by atoms with Crippen LogP contribution in [0.25, 0.3) is 0 Å². The van der Waals surface area contributed by atoms with Crippen LogP contribution in [0, 0.1) is 6.92 Å². The van der Waals surface area contributed by atoms with Gasteiger partial charge in [-0.25, -0.2) is 0 Å². The van der Waals surface area contributed by atoms with Crippen LogP contribution in [0.4, 0.5) is 0 Å². The van der Waals surface area contributed by atoms with Crippen molar-refractivity contribution in [2.45, 2.75) is 45.4 Å². The van der Waals surface area contributed by atoms with E-state index in [1.165, 1.54) is 12.8 Å². The number of ether oxygens (including phenoxy) is 1. The lowest BCUT2D eigenvalue weighted by atomic mass is 10.2. The summed E-state index contributed by atoms with van der Waals surface area (Å²) in [7, 11) is 0. The van der Waals surface area contributed by atoms with Crippen molar-refractivity contribution in [3.05, 3.63) is 18.0 Å². The van der Waals surface area contributed by atoms with Crippen molar-refractivity contribution in [3.63, 3.8) is 0 Å². The summed E-state index contributed by atoms with van der Waals surface area (Å²) in [5, 5.41) is 4.34. The molecular formula is C10H16N2O. The van der Waals surface area contributed by atoms with Crippen molar-refractivity contribution in [2.75, 3.05) is 0 Å². The molecule has 0 N–H and O–H groups in total. The SMILES string of the molecule is Cc1ccn(CC2CCC(C)O2)n1. The van der Waals surface area contributed by atoms with Gasteiger partial charge >= 0.3 is 0 Å². The van der Waals surface area contributed by atoms with E-state index >= 15 is 0 Å². The van der Waals surface area contributed by atoms with Gasteiger partial charge in [0.05, 0.1) is 24.4 Å². The van der Waals surface area contributed by atoms with Gasteiger partial charge in [-0.05, 0) is 32.8 Å². The van der Waals surface area contributed by atoms with Gasteiger partial charge in [0.1, 0.15) is 0 Å². The molecule has 1 aromatic rings. The van der Waals surface area contributed by atoms with Crippen LogP contribution in [0.1, 0.15) is 25.5 Å². The third-order valence-electron chi connectivity index (χ3n) is 2.48. The number of aromatic nitrogens is 2.